The van der Waals surface area contributed by atoms with Gasteiger partial charge in [0.05, 0.1) is 11.4 Å². The number of furan rings is 1. The summed E-state index contributed by atoms with van der Waals surface area (Å²) >= 11 is 5.94. The highest BCUT2D eigenvalue weighted by molar-refractivity contribution is 6.30. The average Bonchev–Trinajstić information content (AvgIpc) is 3.22. The number of benzene rings is 3. The maximum Gasteiger partial charge on any atom is 0.280 e. The van der Waals surface area contributed by atoms with Crippen LogP contribution in [0.15, 0.2) is 94.3 Å². The lowest BCUT2D eigenvalue weighted by Gasteiger charge is -2.09. The highest BCUT2D eigenvalue weighted by Crippen LogP contribution is 2.33. The molecular formula is C27H18ClN3O4. The number of hydrogen-bond acceptors (Lipinski definition) is 5. The molecule has 0 spiro atoms. The molecule has 35 heavy (non-hydrogen) atoms. The predicted octanol–water partition coefficient (Wildman–Crippen LogP) is 5.42. The molecule has 5 rings (SSSR count). The van der Waals surface area contributed by atoms with E-state index in [1.807, 2.05) is 31.2 Å². The standard InChI is InChI=1S/C27H18ClN3O4/c1-16-5-4-6-19(15-16)31-14-13-21(32)24(30-31)27(34)29-23-20-7-2-3-8-22(20)35-26(23)25(33)17-9-11-18(28)12-10-17/h2-15H,1H3,(H,29,34). The maximum absolute atomic E-state index is 13.2. The third kappa shape index (κ3) is 4.37. The molecule has 3 aromatic carbocycles. The van der Waals surface area contributed by atoms with Crippen LogP contribution in [0.2, 0.25) is 5.02 Å². The molecule has 0 fully saturated rings. The Balaban J connectivity index is 1.56. The molecule has 1 N–H and O–H groups in total. The van der Waals surface area contributed by atoms with Crippen LogP contribution in [0.25, 0.3) is 16.7 Å². The first kappa shape index (κ1) is 22.3. The topological polar surface area (TPSA) is 94.2 Å². The molecule has 0 atom stereocenters. The second-order valence-electron chi connectivity index (χ2n) is 7.90. The van der Waals surface area contributed by atoms with Crippen molar-refractivity contribution in [2.75, 3.05) is 5.32 Å². The smallest absolute Gasteiger partial charge is 0.280 e. The van der Waals surface area contributed by atoms with Crippen molar-refractivity contribution < 1.29 is 14.0 Å². The van der Waals surface area contributed by atoms with E-state index in [9.17, 15) is 14.4 Å². The number of anilines is 1. The van der Waals surface area contributed by atoms with Crippen LogP contribution < -0.4 is 10.7 Å². The Labute approximate surface area is 204 Å². The van der Waals surface area contributed by atoms with Crippen LogP contribution >= 0.6 is 11.6 Å². The monoisotopic (exact) mass is 483 g/mol. The number of nitrogens with zero attached hydrogens (tertiary/aromatic N) is 2. The summed E-state index contributed by atoms with van der Waals surface area (Å²) in [4.78, 5) is 39.0. The predicted molar refractivity (Wildman–Crippen MR) is 134 cm³/mol. The van der Waals surface area contributed by atoms with Crippen molar-refractivity contribution in [2.45, 2.75) is 6.92 Å². The molecule has 0 aliphatic rings. The first-order valence-electron chi connectivity index (χ1n) is 10.7. The van der Waals surface area contributed by atoms with E-state index in [0.29, 0.717) is 27.2 Å². The van der Waals surface area contributed by atoms with Crippen molar-refractivity contribution in [3.63, 3.8) is 0 Å². The van der Waals surface area contributed by atoms with Gasteiger partial charge in [0.25, 0.3) is 5.91 Å². The number of hydrogen-bond donors (Lipinski definition) is 1. The molecule has 5 aromatic rings. The van der Waals surface area contributed by atoms with Gasteiger partial charge in [0.2, 0.25) is 11.2 Å². The van der Waals surface area contributed by atoms with Crippen molar-refractivity contribution in [1.82, 2.24) is 9.78 Å². The number of aryl methyl sites for hydroxylation is 1. The van der Waals surface area contributed by atoms with E-state index in [4.69, 9.17) is 16.0 Å². The zero-order valence-electron chi connectivity index (χ0n) is 18.5. The van der Waals surface area contributed by atoms with Gasteiger partial charge in [-0.2, -0.15) is 5.10 Å². The number of aromatic nitrogens is 2. The van der Waals surface area contributed by atoms with Crippen molar-refractivity contribution >= 4 is 39.9 Å². The summed E-state index contributed by atoms with van der Waals surface area (Å²) < 4.78 is 7.27. The van der Waals surface area contributed by atoms with E-state index in [1.54, 1.807) is 48.5 Å². The highest BCUT2D eigenvalue weighted by atomic mass is 35.5. The minimum Gasteiger partial charge on any atom is -0.450 e. The molecule has 0 aliphatic heterocycles. The molecule has 1 amide bonds. The van der Waals surface area contributed by atoms with Gasteiger partial charge in [-0.15, -0.1) is 0 Å². The summed E-state index contributed by atoms with van der Waals surface area (Å²) in [5, 5.41) is 7.94. The summed E-state index contributed by atoms with van der Waals surface area (Å²) in [6.07, 6.45) is 1.50. The molecule has 172 valence electrons. The van der Waals surface area contributed by atoms with Crippen LogP contribution in [-0.4, -0.2) is 21.5 Å². The van der Waals surface area contributed by atoms with E-state index in [-0.39, 0.29) is 17.1 Å². The summed E-state index contributed by atoms with van der Waals surface area (Å²) in [5.41, 5.74) is 1.75. The van der Waals surface area contributed by atoms with E-state index in [0.717, 1.165) is 5.56 Å². The number of nitrogens with one attached hydrogen (secondary N) is 1. The van der Waals surface area contributed by atoms with Gasteiger partial charge in [0.15, 0.2) is 11.5 Å². The molecule has 0 aliphatic carbocycles. The maximum atomic E-state index is 13.2. The highest BCUT2D eigenvalue weighted by Gasteiger charge is 2.25. The van der Waals surface area contributed by atoms with Crippen molar-refractivity contribution in [3.8, 4) is 5.69 Å². The molecule has 8 heteroatoms. The van der Waals surface area contributed by atoms with E-state index in [2.05, 4.69) is 10.4 Å². The van der Waals surface area contributed by atoms with Gasteiger partial charge >= 0.3 is 0 Å². The van der Waals surface area contributed by atoms with Crippen LogP contribution in [0.1, 0.15) is 32.2 Å². The number of carbonyl (C=O) groups excluding carboxylic acids is 2. The largest absolute Gasteiger partial charge is 0.450 e. The molecular weight excluding hydrogens is 466 g/mol. The third-order valence-electron chi connectivity index (χ3n) is 5.44. The minimum atomic E-state index is -0.756. The number of rotatable bonds is 5. The molecule has 7 nitrogen and oxygen atoms in total. The fraction of sp³-hybridized carbons (Fsp3) is 0.0370. The Morgan fingerprint density at radius 3 is 2.51 bits per heavy atom. The van der Waals surface area contributed by atoms with Crippen LogP contribution in [0.4, 0.5) is 5.69 Å². The second kappa shape index (κ2) is 9.04. The first-order chi connectivity index (χ1) is 16.9. The fourth-order valence-electron chi connectivity index (χ4n) is 3.71. The van der Waals surface area contributed by atoms with Crippen molar-refractivity contribution in [2.24, 2.45) is 0 Å². The van der Waals surface area contributed by atoms with Gasteiger partial charge in [0.1, 0.15) is 5.58 Å². The van der Waals surface area contributed by atoms with Crippen molar-refractivity contribution in [3.05, 3.63) is 123 Å². The normalized spacial score (nSPS) is 10.9. The average molecular weight is 484 g/mol. The summed E-state index contributed by atoms with van der Waals surface area (Å²) in [6.45, 7) is 1.93. The quantitative estimate of drug-likeness (QED) is 0.337. The molecule has 0 saturated heterocycles. The molecule has 2 heterocycles. The lowest BCUT2D eigenvalue weighted by Crippen LogP contribution is -2.26. The van der Waals surface area contributed by atoms with Crippen molar-refractivity contribution in [1.29, 1.82) is 0 Å². The molecule has 0 bridgehead atoms. The molecule has 0 unspecified atom stereocenters. The zero-order chi connectivity index (χ0) is 24.5. The van der Waals surface area contributed by atoms with Gasteiger partial charge in [-0.05, 0) is 61.0 Å². The molecule has 0 saturated carbocycles. The number of amides is 1. The Morgan fingerprint density at radius 2 is 1.74 bits per heavy atom. The van der Waals surface area contributed by atoms with Gasteiger partial charge in [0, 0.05) is 28.2 Å². The van der Waals surface area contributed by atoms with E-state index < -0.39 is 17.1 Å². The number of halogens is 1. The second-order valence-corrected chi connectivity index (χ2v) is 8.34. The first-order valence-corrected chi connectivity index (χ1v) is 11.1. The van der Waals surface area contributed by atoms with Gasteiger partial charge in [-0.25, -0.2) is 4.68 Å². The van der Waals surface area contributed by atoms with Gasteiger partial charge < -0.3 is 9.73 Å². The Bertz CT molecular complexity index is 1650. The van der Waals surface area contributed by atoms with E-state index in [1.165, 1.54) is 16.9 Å². The third-order valence-corrected chi connectivity index (χ3v) is 5.69. The Hall–Kier alpha value is -4.49. The van der Waals surface area contributed by atoms with Crippen LogP contribution in [0, 0.1) is 6.92 Å². The van der Waals surface area contributed by atoms with Crippen LogP contribution in [0.3, 0.4) is 0 Å². The lowest BCUT2D eigenvalue weighted by molar-refractivity contribution is 0.101. The fourth-order valence-corrected chi connectivity index (χ4v) is 3.84. The minimum absolute atomic E-state index is 0.0585. The number of carbonyl (C=O) groups is 2. The summed E-state index contributed by atoms with van der Waals surface area (Å²) in [6, 6.07) is 22.0. The van der Waals surface area contributed by atoms with E-state index >= 15 is 0 Å². The number of para-hydroxylation sites is 1. The van der Waals surface area contributed by atoms with Crippen LogP contribution in [0.5, 0.6) is 0 Å². The van der Waals surface area contributed by atoms with Gasteiger partial charge in [-0.3, -0.25) is 14.4 Å². The Morgan fingerprint density at radius 1 is 0.971 bits per heavy atom. The molecule has 0 radical (unpaired) electrons. The summed E-state index contributed by atoms with van der Waals surface area (Å²) in [7, 11) is 0. The lowest BCUT2D eigenvalue weighted by atomic mass is 10.1. The number of ketones is 1. The Kier molecular flexibility index (Phi) is 5.76. The molecule has 2 aromatic heterocycles. The van der Waals surface area contributed by atoms with Crippen LogP contribution in [-0.2, 0) is 0 Å². The zero-order valence-corrected chi connectivity index (χ0v) is 19.2. The summed E-state index contributed by atoms with van der Waals surface area (Å²) in [5.74, 6) is -1.25. The van der Waals surface area contributed by atoms with Gasteiger partial charge in [-0.1, -0.05) is 35.9 Å². The SMILES string of the molecule is Cc1cccc(-n2ccc(=O)c(C(=O)Nc3c(C(=O)c4ccc(Cl)cc4)oc4ccccc34)n2)c1. The number of fused-ring (bicyclic) bond motifs is 1.